The third-order valence-electron chi connectivity index (χ3n) is 4.36. The normalized spacial score (nSPS) is 19.9. The van der Waals surface area contributed by atoms with Crippen molar-refractivity contribution in [3.8, 4) is 0 Å². The van der Waals surface area contributed by atoms with E-state index in [2.05, 4.69) is 6.07 Å². The summed E-state index contributed by atoms with van der Waals surface area (Å²) in [7, 11) is 0. The summed E-state index contributed by atoms with van der Waals surface area (Å²) in [5, 5.41) is 0. The Morgan fingerprint density at radius 3 is 2.64 bits per heavy atom. The summed E-state index contributed by atoms with van der Waals surface area (Å²) >= 11 is 0. The van der Waals surface area contributed by atoms with Crippen molar-refractivity contribution in [2.75, 3.05) is 6.61 Å². The number of aryl methyl sites for hydroxylation is 2. The summed E-state index contributed by atoms with van der Waals surface area (Å²) < 4.78 is 10.5. The smallest absolute Gasteiger partial charge is 0.311 e. The van der Waals surface area contributed by atoms with Crippen molar-refractivity contribution in [1.29, 1.82) is 0 Å². The first-order valence-corrected chi connectivity index (χ1v) is 8.97. The highest BCUT2D eigenvalue weighted by molar-refractivity contribution is 5.75. The molecule has 0 bridgehead atoms. The predicted octanol–water partition coefficient (Wildman–Crippen LogP) is 3.09. The van der Waals surface area contributed by atoms with Crippen LogP contribution in [0.15, 0.2) is 18.2 Å². The van der Waals surface area contributed by atoms with Crippen molar-refractivity contribution in [3.05, 3.63) is 34.9 Å². The molecule has 0 aliphatic heterocycles. The quantitative estimate of drug-likeness (QED) is 0.828. The highest BCUT2D eigenvalue weighted by Crippen LogP contribution is 2.35. The van der Waals surface area contributed by atoms with Crippen LogP contribution >= 0.6 is 0 Å². The number of nitrogens with two attached hydrogens (primary N) is 1. The van der Waals surface area contributed by atoms with Gasteiger partial charge in [0.25, 0.3) is 0 Å². The lowest BCUT2D eigenvalue weighted by Gasteiger charge is -2.32. The molecule has 2 N–H and O–H groups in total. The van der Waals surface area contributed by atoms with Gasteiger partial charge in [-0.2, -0.15) is 0 Å². The van der Waals surface area contributed by atoms with Crippen LogP contribution in [0.4, 0.5) is 0 Å². The fraction of sp³-hybridized carbons (Fsp3) is 0.600. The monoisotopic (exact) mass is 347 g/mol. The lowest BCUT2D eigenvalue weighted by atomic mass is 9.79. The van der Waals surface area contributed by atoms with E-state index >= 15 is 0 Å². The van der Waals surface area contributed by atoms with Crippen LogP contribution in [0.25, 0.3) is 0 Å². The lowest BCUT2D eigenvalue weighted by Crippen LogP contribution is -2.37. The largest absolute Gasteiger partial charge is 0.466 e. The molecular formula is C20H29NO4. The second kappa shape index (κ2) is 8.00. The Labute approximate surface area is 149 Å². The van der Waals surface area contributed by atoms with Gasteiger partial charge in [0.2, 0.25) is 0 Å². The molecule has 0 aromatic heterocycles. The maximum atomic E-state index is 12.4. The number of fused-ring (bicyclic) bond motifs is 1. The highest BCUT2D eigenvalue weighted by Gasteiger charge is 2.35. The van der Waals surface area contributed by atoms with Crippen LogP contribution in [0.1, 0.15) is 63.3 Å². The summed E-state index contributed by atoms with van der Waals surface area (Å²) in [4.78, 5) is 24.0. The second-order valence-corrected chi connectivity index (χ2v) is 7.54. The summed E-state index contributed by atoms with van der Waals surface area (Å²) in [5.74, 6) is -0.759. The predicted molar refractivity (Wildman–Crippen MR) is 96.0 cm³/mol. The average molecular weight is 347 g/mol. The van der Waals surface area contributed by atoms with Gasteiger partial charge in [0, 0.05) is 12.5 Å². The first kappa shape index (κ1) is 19.4. The van der Waals surface area contributed by atoms with Crippen LogP contribution in [0.3, 0.4) is 0 Å². The number of carbonyl (C=O) groups is 2. The van der Waals surface area contributed by atoms with Crippen LogP contribution in [0, 0.1) is 5.92 Å². The van der Waals surface area contributed by atoms with E-state index < -0.39 is 5.60 Å². The molecule has 25 heavy (non-hydrogen) atoms. The molecule has 5 heteroatoms. The minimum atomic E-state index is -0.515. The fourth-order valence-corrected chi connectivity index (χ4v) is 3.17. The Morgan fingerprint density at radius 1 is 1.28 bits per heavy atom. The lowest BCUT2D eigenvalue weighted by molar-refractivity contribution is -0.161. The minimum Gasteiger partial charge on any atom is -0.466 e. The topological polar surface area (TPSA) is 78.6 Å². The second-order valence-electron chi connectivity index (χ2n) is 7.54. The molecule has 0 saturated carbocycles. The standard InChI is InChI=1S/C20H29NO4/c1-5-24-17(22)11-7-13-6-8-14-9-10-15(18(21)16(14)12-13)19(23)25-20(2,3)4/h6,8,12,15,18H,5,7,9-11,21H2,1-4H3/t15-,18?/m0/s1. The molecule has 1 unspecified atom stereocenters. The number of carbonyl (C=O) groups excluding carboxylic acids is 2. The summed E-state index contributed by atoms with van der Waals surface area (Å²) in [6, 6.07) is 5.73. The van der Waals surface area contributed by atoms with E-state index in [9.17, 15) is 9.59 Å². The van der Waals surface area contributed by atoms with Crippen LogP contribution in [-0.2, 0) is 31.9 Å². The fourth-order valence-electron chi connectivity index (χ4n) is 3.17. The number of esters is 2. The Bertz CT molecular complexity index is 633. The maximum Gasteiger partial charge on any atom is 0.311 e. The van der Waals surface area contributed by atoms with Gasteiger partial charge in [-0.05, 0) is 63.6 Å². The molecule has 5 nitrogen and oxygen atoms in total. The molecular weight excluding hydrogens is 318 g/mol. The molecule has 138 valence electrons. The molecule has 0 saturated heterocycles. The van der Waals surface area contributed by atoms with E-state index in [4.69, 9.17) is 15.2 Å². The molecule has 2 atom stereocenters. The number of rotatable bonds is 5. The van der Waals surface area contributed by atoms with Crippen molar-refractivity contribution in [2.24, 2.45) is 11.7 Å². The number of benzene rings is 1. The van der Waals surface area contributed by atoms with Gasteiger partial charge in [0.05, 0.1) is 12.5 Å². The van der Waals surface area contributed by atoms with Gasteiger partial charge in [0.1, 0.15) is 5.60 Å². The third kappa shape index (κ3) is 5.30. The highest BCUT2D eigenvalue weighted by atomic mass is 16.6. The van der Waals surface area contributed by atoms with Crippen LogP contribution in [-0.4, -0.2) is 24.1 Å². The van der Waals surface area contributed by atoms with Gasteiger partial charge in [0.15, 0.2) is 0 Å². The van der Waals surface area contributed by atoms with Gasteiger partial charge in [-0.3, -0.25) is 9.59 Å². The van der Waals surface area contributed by atoms with Gasteiger partial charge in [-0.1, -0.05) is 18.2 Å². The van der Waals surface area contributed by atoms with Crippen molar-refractivity contribution in [3.63, 3.8) is 0 Å². The van der Waals surface area contributed by atoms with Crippen molar-refractivity contribution in [2.45, 2.75) is 65.0 Å². The summed E-state index contributed by atoms with van der Waals surface area (Å²) in [5.41, 5.74) is 9.07. The molecule has 0 radical (unpaired) electrons. The molecule has 0 amide bonds. The first-order chi connectivity index (χ1) is 11.7. The van der Waals surface area contributed by atoms with Crippen molar-refractivity contribution < 1.29 is 19.1 Å². The number of hydrogen-bond donors (Lipinski definition) is 1. The zero-order valence-corrected chi connectivity index (χ0v) is 15.6. The van der Waals surface area contributed by atoms with Crippen molar-refractivity contribution in [1.82, 2.24) is 0 Å². The Hall–Kier alpha value is -1.88. The van der Waals surface area contributed by atoms with E-state index in [1.54, 1.807) is 6.92 Å². The van der Waals surface area contributed by atoms with E-state index in [0.717, 1.165) is 17.5 Å². The van der Waals surface area contributed by atoms with Gasteiger partial charge in [-0.15, -0.1) is 0 Å². The SMILES string of the molecule is CCOC(=O)CCc1ccc2c(c1)C(N)[C@@H](C(=O)OC(C)(C)C)CC2. The molecule has 1 aromatic carbocycles. The average Bonchev–Trinajstić information content (AvgIpc) is 2.52. The van der Waals surface area contributed by atoms with Crippen molar-refractivity contribution >= 4 is 11.9 Å². The molecule has 0 fully saturated rings. The molecule has 2 rings (SSSR count). The van der Waals surface area contributed by atoms with Gasteiger partial charge < -0.3 is 15.2 Å². The summed E-state index contributed by atoms with van der Waals surface area (Å²) in [6.07, 6.45) is 2.46. The Morgan fingerprint density at radius 2 is 2.00 bits per heavy atom. The third-order valence-corrected chi connectivity index (χ3v) is 4.36. The van der Waals surface area contributed by atoms with Gasteiger partial charge >= 0.3 is 11.9 Å². The first-order valence-electron chi connectivity index (χ1n) is 8.97. The number of hydrogen-bond acceptors (Lipinski definition) is 5. The van der Waals surface area contributed by atoms with E-state index in [0.29, 0.717) is 25.9 Å². The zero-order chi connectivity index (χ0) is 18.6. The molecule has 1 aliphatic rings. The Kier molecular flexibility index (Phi) is 6.22. The van der Waals surface area contributed by atoms with Gasteiger partial charge in [-0.25, -0.2) is 0 Å². The minimum absolute atomic E-state index is 0.198. The Balaban J connectivity index is 2.10. The molecule has 1 aliphatic carbocycles. The van der Waals surface area contributed by atoms with Crippen LogP contribution in [0.5, 0.6) is 0 Å². The van der Waals surface area contributed by atoms with Crippen LogP contribution < -0.4 is 5.73 Å². The summed E-state index contributed by atoms with van der Waals surface area (Å²) in [6.45, 7) is 7.78. The molecule has 0 heterocycles. The molecule has 0 spiro atoms. The zero-order valence-electron chi connectivity index (χ0n) is 15.6. The number of ether oxygens (including phenoxy) is 2. The van der Waals surface area contributed by atoms with E-state index in [1.807, 2.05) is 32.9 Å². The van der Waals surface area contributed by atoms with E-state index in [-0.39, 0.29) is 23.9 Å². The van der Waals surface area contributed by atoms with Crippen LogP contribution in [0.2, 0.25) is 0 Å². The maximum absolute atomic E-state index is 12.4. The van der Waals surface area contributed by atoms with E-state index in [1.165, 1.54) is 5.56 Å². The molecule has 1 aromatic rings.